The second-order valence-electron chi connectivity index (χ2n) is 8.79. The lowest BCUT2D eigenvalue weighted by Crippen LogP contribution is -2.39. The van der Waals surface area contributed by atoms with Crippen LogP contribution in [0.5, 0.6) is 0 Å². The van der Waals surface area contributed by atoms with Crippen LogP contribution in [-0.2, 0) is 37.6 Å². The van der Waals surface area contributed by atoms with Gasteiger partial charge in [0.1, 0.15) is 6.10 Å². The number of esters is 2. The third-order valence-corrected chi connectivity index (χ3v) is 5.97. The number of nitrogens with one attached hydrogen (secondary N) is 1. The molecule has 1 fully saturated rings. The molecule has 1 aliphatic rings. The minimum atomic E-state index is -1.03. The van der Waals surface area contributed by atoms with Crippen LogP contribution in [0.2, 0.25) is 0 Å². The first-order chi connectivity index (χ1) is 17.0. The molecule has 0 amide bonds. The van der Waals surface area contributed by atoms with Crippen molar-refractivity contribution in [2.24, 2.45) is 11.3 Å². The number of carbonyl (C=O) groups is 2. The Morgan fingerprint density at radius 1 is 1.33 bits per heavy atom. The first-order valence-corrected chi connectivity index (χ1v) is 12.1. The van der Waals surface area contributed by atoms with Crippen molar-refractivity contribution in [1.29, 1.82) is 0 Å². The Bertz CT molecular complexity index is 1080. The molecule has 2 rings (SSSR count). The average molecular weight is 526 g/mol. The molecule has 0 aliphatic carbocycles. The predicted octanol–water partition coefficient (Wildman–Crippen LogP) is 1.59. The first-order valence-electron chi connectivity index (χ1n) is 11.4. The van der Waals surface area contributed by atoms with Gasteiger partial charge in [-0.25, -0.2) is 9.36 Å². The van der Waals surface area contributed by atoms with Crippen molar-refractivity contribution in [3.8, 4) is 12.3 Å². The molecule has 0 unspecified atom stereocenters. The normalized spacial score (nSPS) is 24.4. The summed E-state index contributed by atoms with van der Waals surface area (Å²) in [5.41, 5.74) is -2.29. The SMILES string of the molecule is C#C[C@]1(C)[C@H](CCOC[C@H](CC(=O)OC(C)C)OC(C)=O)[C@@H](COP=O)O[C@H]1n1ccc(=O)[nH]c1=O. The number of H-pyrrole nitrogens is 1. The Hall–Kier alpha value is -2.84. The molecule has 1 aliphatic heterocycles. The molecule has 0 saturated carbocycles. The van der Waals surface area contributed by atoms with Gasteiger partial charge in [0.25, 0.3) is 5.56 Å². The van der Waals surface area contributed by atoms with Crippen LogP contribution in [0.25, 0.3) is 0 Å². The van der Waals surface area contributed by atoms with E-state index in [9.17, 15) is 23.7 Å². The number of rotatable bonds is 13. The Kier molecular flexibility index (Phi) is 11.0. The molecule has 12 nitrogen and oxygen atoms in total. The van der Waals surface area contributed by atoms with Crippen LogP contribution in [0.3, 0.4) is 0 Å². The summed E-state index contributed by atoms with van der Waals surface area (Å²) in [6, 6.07) is 1.18. The van der Waals surface area contributed by atoms with Gasteiger partial charge in [0, 0.05) is 31.7 Å². The second-order valence-corrected chi connectivity index (χ2v) is 9.19. The van der Waals surface area contributed by atoms with E-state index in [1.165, 1.54) is 23.8 Å². The summed E-state index contributed by atoms with van der Waals surface area (Å²) in [6.07, 6.45) is 4.63. The molecular formula is C23H31N2O10P. The van der Waals surface area contributed by atoms with E-state index in [0.717, 1.165) is 0 Å². The number of hydrogen-bond donors (Lipinski definition) is 1. The minimum absolute atomic E-state index is 0.0593. The highest BCUT2D eigenvalue weighted by Gasteiger charge is 2.53. The third-order valence-electron chi connectivity index (χ3n) is 5.71. The fourth-order valence-corrected chi connectivity index (χ4v) is 4.36. The van der Waals surface area contributed by atoms with Gasteiger partial charge in [-0.3, -0.25) is 28.5 Å². The van der Waals surface area contributed by atoms with E-state index < -0.39 is 61.6 Å². The van der Waals surface area contributed by atoms with Crippen LogP contribution >= 0.6 is 8.69 Å². The highest BCUT2D eigenvalue weighted by atomic mass is 31.1. The van der Waals surface area contributed by atoms with Crippen molar-refractivity contribution < 1.29 is 37.6 Å². The van der Waals surface area contributed by atoms with E-state index in [4.69, 9.17) is 29.9 Å². The zero-order chi connectivity index (χ0) is 26.9. The summed E-state index contributed by atoms with van der Waals surface area (Å²) >= 11 is 0. The molecule has 36 heavy (non-hydrogen) atoms. The summed E-state index contributed by atoms with van der Waals surface area (Å²) in [6.45, 7) is 6.40. The van der Waals surface area contributed by atoms with Crippen LogP contribution in [-0.4, -0.2) is 59.6 Å². The zero-order valence-corrected chi connectivity index (χ0v) is 21.5. The van der Waals surface area contributed by atoms with E-state index in [-0.39, 0.29) is 32.3 Å². The molecular weight excluding hydrogens is 495 g/mol. The fourth-order valence-electron chi connectivity index (χ4n) is 4.15. The van der Waals surface area contributed by atoms with Crippen LogP contribution in [0, 0.1) is 23.7 Å². The zero-order valence-electron chi connectivity index (χ0n) is 20.6. The summed E-state index contributed by atoms with van der Waals surface area (Å²) in [5, 5.41) is 0. The number of hydrogen-bond acceptors (Lipinski definition) is 10. The maximum atomic E-state index is 12.4. The van der Waals surface area contributed by atoms with Gasteiger partial charge in [-0.05, 0) is 27.2 Å². The van der Waals surface area contributed by atoms with Crippen molar-refractivity contribution in [3.05, 3.63) is 33.1 Å². The molecule has 5 atom stereocenters. The number of ether oxygens (including phenoxy) is 4. The Morgan fingerprint density at radius 3 is 2.64 bits per heavy atom. The molecule has 1 N–H and O–H groups in total. The molecule has 198 valence electrons. The van der Waals surface area contributed by atoms with Gasteiger partial charge in [0.15, 0.2) is 6.23 Å². The lowest BCUT2D eigenvalue weighted by Gasteiger charge is -2.31. The topological polar surface area (TPSA) is 152 Å². The standard InChI is InChI=1S/C23H31N2O10P/c1-6-23(5)17(8-10-31-12-16(34-15(4)26)11-20(28)33-14(2)3)18(13-32-36-30)35-21(23)25-9-7-19(27)24-22(25)29/h1,7,9,14,16-18,21H,8,10-13H2,2-5H3,(H,24,27,29)/t16-,17+,18+,21+,23+/m0/s1. The summed E-state index contributed by atoms with van der Waals surface area (Å²) < 4.78 is 39.1. The van der Waals surface area contributed by atoms with Gasteiger partial charge in [0.05, 0.1) is 37.3 Å². The summed E-state index contributed by atoms with van der Waals surface area (Å²) in [7, 11) is -0.546. The van der Waals surface area contributed by atoms with E-state index in [0.29, 0.717) is 6.42 Å². The van der Waals surface area contributed by atoms with Crippen LogP contribution in [0.1, 0.15) is 46.8 Å². The smallest absolute Gasteiger partial charge is 0.330 e. The van der Waals surface area contributed by atoms with Crippen LogP contribution in [0.4, 0.5) is 0 Å². The Morgan fingerprint density at radius 2 is 2.06 bits per heavy atom. The monoisotopic (exact) mass is 526 g/mol. The fraction of sp³-hybridized carbons (Fsp3) is 0.652. The number of aromatic nitrogens is 2. The predicted molar refractivity (Wildman–Crippen MR) is 126 cm³/mol. The quantitative estimate of drug-likeness (QED) is 0.174. The third kappa shape index (κ3) is 7.83. The number of nitrogens with zero attached hydrogens (tertiary/aromatic N) is 1. The largest absolute Gasteiger partial charge is 0.463 e. The van der Waals surface area contributed by atoms with Crippen LogP contribution in [0.15, 0.2) is 21.9 Å². The molecule has 1 saturated heterocycles. The summed E-state index contributed by atoms with van der Waals surface area (Å²) in [5.74, 6) is 1.21. The van der Waals surface area contributed by atoms with E-state index in [2.05, 4.69) is 10.9 Å². The summed E-state index contributed by atoms with van der Waals surface area (Å²) in [4.78, 5) is 49.5. The van der Waals surface area contributed by atoms with Gasteiger partial charge in [-0.15, -0.1) is 6.42 Å². The molecule has 13 heteroatoms. The molecule has 0 bridgehead atoms. The van der Waals surface area contributed by atoms with Crippen LogP contribution < -0.4 is 11.2 Å². The van der Waals surface area contributed by atoms with Gasteiger partial charge < -0.3 is 18.9 Å². The molecule has 0 aromatic carbocycles. The van der Waals surface area contributed by atoms with Gasteiger partial charge >= 0.3 is 26.3 Å². The average Bonchev–Trinajstić information content (AvgIpc) is 3.06. The van der Waals surface area contributed by atoms with Gasteiger partial charge in [-0.1, -0.05) is 5.92 Å². The number of aromatic amines is 1. The van der Waals surface area contributed by atoms with Crippen molar-refractivity contribution in [2.45, 2.75) is 65.1 Å². The number of terminal acetylenes is 1. The second kappa shape index (κ2) is 13.5. The maximum absolute atomic E-state index is 12.4. The molecule has 1 aromatic heterocycles. The van der Waals surface area contributed by atoms with Crippen molar-refractivity contribution in [2.75, 3.05) is 19.8 Å². The Balaban J connectivity index is 2.13. The maximum Gasteiger partial charge on any atom is 0.330 e. The van der Waals surface area contributed by atoms with E-state index >= 15 is 0 Å². The van der Waals surface area contributed by atoms with Gasteiger partial charge in [-0.2, -0.15) is 0 Å². The molecule has 0 radical (unpaired) electrons. The highest BCUT2D eigenvalue weighted by Crippen LogP contribution is 2.50. The van der Waals surface area contributed by atoms with Crippen molar-refractivity contribution >= 4 is 20.6 Å². The first kappa shape index (κ1) is 29.4. The lowest BCUT2D eigenvalue weighted by atomic mass is 9.74. The number of carbonyl (C=O) groups excluding carboxylic acids is 2. The molecule has 2 heterocycles. The highest BCUT2D eigenvalue weighted by molar-refractivity contribution is 7.17. The Labute approximate surface area is 209 Å². The molecule has 0 spiro atoms. The lowest BCUT2D eigenvalue weighted by molar-refractivity contribution is -0.158. The molecule has 1 aromatic rings. The van der Waals surface area contributed by atoms with Crippen molar-refractivity contribution in [1.82, 2.24) is 9.55 Å². The van der Waals surface area contributed by atoms with Crippen molar-refractivity contribution in [3.63, 3.8) is 0 Å². The van der Waals surface area contributed by atoms with E-state index in [1.807, 2.05) is 0 Å². The minimum Gasteiger partial charge on any atom is -0.463 e. The van der Waals surface area contributed by atoms with Gasteiger partial charge in [0.2, 0.25) is 0 Å². The van der Waals surface area contributed by atoms with E-state index in [1.54, 1.807) is 20.8 Å².